The summed E-state index contributed by atoms with van der Waals surface area (Å²) in [5.41, 5.74) is 0.710. The van der Waals surface area contributed by atoms with Crippen molar-refractivity contribution in [2.45, 2.75) is 36.1 Å². The summed E-state index contributed by atoms with van der Waals surface area (Å²) < 4.78 is 42.4. The molecule has 2 fully saturated rings. The Hall–Kier alpha value is -1.23. The molecule has 2 N–H and O–H groups in total. The number of hydrogen-bond donors (Lipinski definition) is 2. The topological polar surface area (TPSA) is 74.3 Å². The molecule has 1 aromatic carbocycles. The number of sulfonamides is 1. The molecule has 2 aromatic rings. The molecular formula is C17H20BrFN4O2S2. The summed E-state index contributed by atoms with van der Waals surface area (Å²) in [4.78, 5) is 5.99. The third-order valence-electron chi connectivity index (χ3n) is 5.38. The zero-order chi connectivity index (χ0) is 19.1. The minimum absolute atomic E-state index is 0.146. The molecule has 0 unspecified atom stereocenters. The number of fused-ring (bicyclic) bond motifs is 1. The maximum Gasteiger partial charge on any atom is 0.266 e. The minimum Gasteiger partial charge on any atom is -0.382 e. The molecule has 4 rings (SSSR count). The molecule has 0 saturated carbocycles. The van der Waals surface area contributed by atoms with Crippen LogP contribution in [-0.2, 0) is 10.0 Å². The summed E-state index contributed by atoms with van der Waals surface area (Å²) in [6.07, 6.45) is 6.15. The molecule has 146 valence electrons. The lowest BCUT2D eigenvalue weighted by Gasteiger charge is -2.32. The number of nitrogens with one attached hydrogen (secondary N) is 2. The molecule has 0 radical (unpaired) electrons. The SMILES string of the molecule is O=S(=O)(Nc1nccs1)c1cc(Br)c(NCC23CCCN2CCC3)cc1F. The average molecular weight is 475 g/mol. The molecule has 2 saturated heterocycles. The van der Waals surface area contributed by atoms with Crippen molar-refractivity contribution in [3.05, 3.63) is 34.0 Å². The normalized spacial score (nSPS) is 19.2. The van der Waals surface area contributed by atoms with Crippen LogP contribution in [0.1, 0.15) is 25.7 Å². The van der Waals surface area contributed by atoms with Crippen molar-refractivity contribution in [2.75, 3.05) is 29.7 Å². The van der Waals surface area contributed by atoms with Gasteiger partial charge in [0.2, 0.25) is 0 Å². The van der Waals surface area contributed by atoms with Crippen LogP contribution in [0.15, 0.2) is 33.1 Å². The van der Waals surface area contributed by atoms with Gasteiger partial charge in [0.25, 0.3) is 10.0 Å². The Morgan fingerprint density at radius 2 is 2.04 bits per heavy atom. The van der Waals surface area contributed by atoms with Crippen LogP contribution in [0.25, 0.3) is 0 Å². The molecule has 3 heterocycles. The van der Waals surface area contributed by atoms with Crippen molar-refractivity contribution >= 4 is 48.1 Å². The first kappa shape index (κ1) is 19.1. The number of thiazole rings is 1. The maximum absolute atomic E-state index is 14.6. The van der Waals surface area contributed by atoms with E-state index in [1.807, 2.05) is 0 Å². The van der Waals surface area contributed by atoms with Crippen molar-refractivity contribution in [1.82, 2.24) is 9.88 Å². The van der Waals surface area contributed by atoms with Gasteiger partial charge in [0.05, 0.1) is 5.69 Å². The number of benzene rings is 1. The first-order chi connectivity index (χ1) is 12.9. The van der Waals surface area contributed by atoms with Crippen LogP contribution in [-0.4, -0.2) is 43.5 Å². The molecular weight excluding hydrogens is 455 g/mol. The Labute approximate surface area is 170 Å². The third-order valence-corrected chi connectivity index (χ3v) is 8.21. The molecule has 0 amide bonds. The van der Waals surface area contributed by atoms with Crippen molar-refractivity contribution in [3.63, 3.8) is 0 Å². The third kappa shape index (κ3) is 3.72. The molecule has 0 atom stereocenters. The molecule has 0 bridgehead atoms. The lowest BCUT2D eigenvalue weighted by molar-refractivity contribution is 0.209. The second kappa shape index (κ2) is 7.31. The van der Waals surface area contributed by atoms with Gasteiger partial charge < -0.3 is 5.32 Å². The van der Waals surface area contributed by atoms with E-state index in [0.29, 0.717) is 10.2 Å². The first-order valence-corrected chi connectivity index (χ1v) is 12.0. The van der Waals surface area contributed by atoms with Crippen LogP contribution in [0, 0.1) is 5.82 Å². The van der Waals surface area contributed by atoms with Crippen LogP contribution in [0.3, 0.4) is 0 Å². The Morgan fingerprint density at radius 1 is 1.30 bits per heavy atom. The van der Waals surface area contributed by atoms with Gasteiger partial charge in [-0.1, -0.05) is 0 Å². The Balaban J connectivity index is 1.53. The van der Waals surface area contributed by atoms with Crippen LogP contribution in [0.4, 0.5) is 15.2 Å². The fraction of sp³-hybridized carbons (Fsp3) is 0.471. The van der Waals surface area contributed by atoms with Crippen molar-refractivity contribution in [1.29, 1.82) is 0 Å². The highest BCUT2D eigenvalue weighted by Crippen LogP contribution is 2.39. The van der Waals surface area contributed by atoms with Crippen LogP contribution >= 0.6 is 27.3 Å². The number of nitrogens with zero attached hydrogens (tertiary/aromatic N) is 2. The van der Waals surface area contributed by atoms with E-state index in [9.17, 15) is 12.8 Å². The highest BCUT2D eigenvalue weighted by molar-refractivity contribution is 9.10. The summed E-state index contributed by atoms with van der Waals surface area (Å²) in [6, 6.07) is 2.54. The molecule has 2 aliphatic rings. The van der Waals surface area contributed by atoms with Crippen molar-refractivity contribution < 1.29 is 12.8 Å². The van der Waals surface area contributed by atoms with E-state index < -0.39 is 20.7 Å². The van der Waals surface area contributed by atoms with Crippen molar-refractivity contribution in [3.8, 4) is 0 Å². The molecule has 1 aromatic heterocycles. The Morgan fingerprint density at radius 3 is 2.70 bits per heavy atom. The molecule has 0 aliphatic carbocycles. The number of anilines is 2. The number of halogens is 2. The second-order valence-electron chi connectivity index (χ2n) is 6.98. The smallest absolute Gasteiger partial charge is 0.266 e. The van der Waals surface area contributed by atoms with Gasteiger partial charge in [-0.3, -0.25) is 9.62 Å². The summed E-state index contributed by atoms with van der Waals surface area (Å²) in [6.45, 7) is 2.97. The average Bonchev–Trinajstić information content (AvgIpc) is 3.31. The minimum atomic E-state index is -4.04. The van der Waals surface area contributed by atoms with Gasteiger partial charge in [0, 0.05) is 28.1 Å². The van der Waals surface area contributed by atoms with E-state index in [4.69, 9.17) is 0 Å². The number of rotatable bonds is 6. The molecule has 2 aliphatic heterocycles. The van der Waals surface area contributed by atoms with E-state index in [-0.39, 0.29) is 10.7 Å². The Bertz CT molecular complexity index is 927. The van der Waals surface area contributed by atoms with Crippen LogP contribution in [0.2, 0.25) is 0 Å². The van der Waals surface area contributed by atoms with E-state index in [2.05, 4.69) is 35.9 Å². The van der Waals surface area contributed by atoms with Gasteiger partial charge in [0.1, 0.15) is 10.7 Å². The van der Waals surface area contributed by atoms with Gasteiger partial charge in [0.15, 0.2) is 5.13 Å². The lowest BCUT2D eigenvalue weighted by Crippen LogP contribution is -2.44. The Kier molecular flexibility index (Phi) is 5.17. The van der Waals surface area contributed by atoms with E-state index in [1.54, 1.807) is 5.38 Å². The zero-order valence-electron chi connectivity index (χ0n) is 14.5. The second-order valence-corrected chi connectivity index (χ2v) is 10.4. The van der Waals surface area contributed by atoms with Crippen LogP contribution < -0.4 is 10.0 Å². The standard InChI is InChI=1S/C17H20BrFN4O2S2/c18-12-9-15(27(24,25)22-16-20-5-8-26-16)13(19)10-14(12)21-11-17-3-1-6-23(17)7-2-4-17/h5,8-10,21H,1-4,6-7,11H2,(H,20,22). The van der Waals surface area contributed by atoms with Crippen molar-refractivity contribution in [2.24, 2.45) is 0 Å². The van der Waals surface area contributed by atoms with Crippen LogP contribution in [0.5, 0.6) is 0 Å². The zero-order valence-corrected chi connectivity index (χ0v) is 17.8. The fourth-order valence-corrected chi connectivity index (χ4v) is 6.60. The largest absolute Gasteiger partial charge is 0.382 e. The summed E-state index contributed by atoms with van der Waals surface area (Å²) in [7, 11) is -4.04. The van der Waals surface area contributed by atoms with E-state index in [1.165, 1.54) is 31.2 Å². The van der Waals surface area contributed by atoms with Gasteiger partial charge in [-0.15, -0.1) is 11.3 Å². The monoisotopic (exact) mass is 474 g/mol. The predicted octanol–water partition coefficient (Wildman–Crippen LogP) is 3.89. The molecule has 0 spiro atoms. The highest BCUT2D eigenvalue weighted by atomic mass is 79.9. The maximum atomic E-state index is 14.6. The highest BCUT2D eigenvalue weighted by Gasteiger charge is 2.43. The first-order valence-electron chi connectivity index (χ1n) is 8.80. The quantitative estimate of drug-likeness (QED) is 0.664. The molecule has 27 heavy (non-hydrogen) atoms. The summed E-state index contributed by atoms with van der Waals surface area (Å²) in [5, 5.41) is 5.18. The van der Waals surface area contributed by atoms with E-state index in [0.717, 1.165) is 43.8 Å². The molecule has 6 nitrogen and oxygen atoms in total. The summed E-state index contributed by atoms with van der Waals surface area (Å²) >= 11 is 4.52. The predicted molar refractivity (Wildman–Crippen MR) is 108 cm³/mol. The van der Waals surface area contributed by atoms with E-state index >= 15 is 0 Å². The number of aromatic nitrogens is 1. The summed E-state index contributed by atoms with van der Waals surface area (Å²) in [5.74, 6) is -0.794. The van der Waals surface area contributed by atoms with Gasteiger partial charge in [-0.2, -0.15) is 0 Å². The van der Waals surface area contributed by atoms with Gasteiger partial charge in [-0.25, -0.2) is 17.8 Å². The lowest BCUT2D eigenvalue weighted by atomic mass is 9.94. The number of hydrogen-bond acceptors (Lipinski definition) is 6. The van der Waals surface area contributed by atoms with Gasteiger partial charge in [-0.05, 0) is 66.8 Å². The fourth-order valence-electron chi connectivity index (χ4n) is 4.09. The van der Waals surface area contributed by atoms with Gasteiger partial charge >= 0.3 is 0 Å². The molecule has 10 heteroatoms.